The Kier molecular flexibility index (Phi) is 5.18. The SMILES string of the molecule is COc1ccc(CC(=O)N2CCc3sccc3[C@@H]2C)c(OC)c1OC. The fourth-order valence-electron chi connectivity index (χ4n) is 3.42. The average molecular weight is 361 g/mol. The highest BCUT2D eigenvalue weighted by Gasteiger charge is 2.29. The van der Waals surface area contributed by atoms with Crippen LogP contribution in [0, 0.1) is 0 Å². The number of fused-ring (bicyclic) bond motifs is 1. The Labute approximate surface area is 152 Å². The molecule has 0 aliphatic carbocycles. The summed E-state index contributed by atoms with van der Waals surface area (Å²) in [5.74, 6) is 1.75. The van der Waals surface area contributed by atoms with E-state index in [1.165, 1.54) is 10.4 Å². The molecule has 2 aromatic rings. The van der Waals surface area contributed by atoms with E-state index in [1.54, 1.807) is 38.7 Å². The second kappa shape index (κ2) is 7.35. The zero-order valence-electron chi connectivity index (χ0n) is 15.0. The predicted octanol–water partition coefficient (Wildman–Crippen LogP) is 3.46. The molecule has 0 unspecified atom stereocenters. The molecule has 3 rings (SSSR count). The fraction of sp³-hybridized carbons (Fsp3) is 0.421. The molecule has 1 amide bonds. The molecule has 1 aliphatic heterocycles. The lowest BCUT2D eigenvalue weighted by atomic mass is 10.00. The minimum absolute atomic E-state index is 0.0925. The Morgan fingerprint density at radius 1 is 1.16 bits per heavy atom. The lowest BCUT2D eigenvalue weighted by Crippen LogP contribution is -2.39. The minimum Gasteiger partial charge on any atom is -0.493 e. The Bertz CT molecular complexity index is 771. The summed E-state index contributed by atoms with van der Waals surface area (Å²) in [5, 5.41) is 2.10. The number of hydrogen-bond donors (Lipinski definition) is 0. The van der Waals surface area contributed by atoms with Crippen LogP contribution in [0.15, 0.2) is 23.6 Å². The number of thiophene rings is 1. The summed E-state index contributed by atoms with van der Waals surface area (Å²) in [6.45, 7) is 2.84. The van der Waals surface area contributed by atoms with Crippen molar-refractivity contribution in [2.45, 2.75) is 25.8 Å². The normalized spacial score (nSPS) is 16.3. The molecule has 0 saturated carbocycles. The summed E-state index contributed by atoms with van der Waals surface area (Å²) in [5.41, 5.74) is 2.07. The first-order valence-corrected chi connectivity index (χ1v) is 9.12. The van der Waals surface area contributed by atoms with E-state index in [-0.39, 0.29) is 18.4 Å². The number of nitrogens with zero attached hydrogens (tertiary/aromatic N) is 1. The lowest BCUT2D eigenvalue weighted by molar-refractivity contribution is -0.133. The van der Waals surface area contributed by atoms with Gasteiger partial charge in [-0.15, -0.1) is 11.3 Å². The van der Waals surface area contributed by atoms with Crippen LogP contribution in [0.3, 0.4) is 0 Å². The molecule has 0 fully saturated rings. The van der Waals surface area contributed by atoms with Gasteiger partial charge in [0.15, 0.2) is 11.5 Å². The van der Waals surface area contributed by atoms with Crippen LogP contribution in [0.5, 0.6) is 17.2 Å². The second-order valence-electron chi connectivity index (χ2n) is 5.98. The Balaban J connectivity index is 1.84. The van der Waals surface area contributed by atoms with E-state index in [9.17, 15) is 4.79 Å². The van der Waals surface area contributed by atoms with E-state index >= 15 is 0 Å². The third-order valence-electron chi connectivity index (χ3n) is 4.72. The molecule has 0 N–H and O–H groups in total. The van der Waals surface area contributed by atoms with E-state index in [4.69, 9.17) is 14.2 Å². The Morgan fingerprint density at radius 3 is 2.60 bits per heavy atom. The number of hydrogen-bond acceptors (Lipinski definition) is 5. The number of amides is 1. The highest BCUT2D eigenvalue weighted by molar-refractivity contribution is 7.10. The molecule has 0 bridgehead atoms. The summed E-state index contributed by atoms with van der Waals surface area (Å²) in [6, 6.07) is 5.90. The molecular formula is C19H23NO4S. The van der Waals surface area contributed by atoms with E-state index in [1.807, 2.05) is 11.0 Å². The van der Waals surface area contributed by atoms with Gasteiger partial charge in [0.2, 0.25) is 11.7 Å². The van der Waals surface area contributed by atoms with E-state index in [0.29, 0.717) is 17.2 Å². The zero-order valence-corrected chi connectivity index (χ0v) is 15.8. The van der Waals surface area contributed by atoms with Gasteiger partial charge in [-0.25, -0.2) is 0 Å². The maximum absolute atomic E-state index is 12.9. The Morgan fingerprint density at radius 2 is 1.92 bits per heavy atom. The first kappa shape index (κ1) is 17.6. The summed E-state index contributed by atoms with van der Waals surface area (Å²) in [6.07, 6.45) is 1.19. The molecule has 1 aromatic heterocycles. The van der Waals surface area contributed by atoms with Gasteiger partial charge in [-0.2, -0.15) is 0 Å². The molecular weight excluding hydrogens is 338 g/mol. The average Bonchev–Trinajstić information content (AvgIpc) is 3.11. The van der Waals surface area contributed by atoms with Gasteiger partial charge in [-0.1, -0.05) is 6.07 Å². The van der Waals surface area contributed by atoms with Crippen LogP contribution in [-0.4, -0.2) is 38.7 Å². The molecule has 6 heteroatoms. The molecule has 1 atom stereocenters. The largest absolute Gasteiger partial charge is 0.493 e. The van der Waals surface area contributed by atoms with Crippen LogP contribution in [0.4, 0.5) is 0 Å². The van der Waals surface area contributed by atoms with Crippen molar-refractivity contribution in [3.8, 4) is 17.2 Å². The monoisotopic (exact) mass is 361 g/mol. The third kappa shape index (κ3) is 3.18. The maximum atomic E-state index is 12.9. The summed E-state index contributed by atoms with van der Waals surface area (Å²) in [7, 11) is 4.72. The highest BCUT2D eigenvalue weighted by atomic mass is 32.1. The summed E-state index contributed by atoms with van der Waals surface area (Å²) >= 11 is 1.77. The van der Waals surface area contributed by atoms with Crippen LogP contribution in [0.1, 0.15) is 29.0 Å². The molecule has 1 aromatic carbocycles. The number of carbonyl (C=O) groups excluding carboxylic acids is 1. The minimum atomic E-state index is 0.0925. The van der Waals surface area contributed by atoms with Gasteiger partial charge in [0.05, 0.1) is 33.8 Å². The topological polar surface area (TPSA) is 48.0 Å². The summed E-state index contributed by atoms with van der Waals surface area (Å²) < 4.78 is 16.2. The molecule has 0 radical (unpaired) electrons. The molecule has 1 aliphatic rings. The van der Waals surface area contributed by atoms with Crippen LogP contribution in [0.2, 0.25) is 0 Å². The predicted molar refractivity (Wildman–Crippen MR) is 98.0 cm³/mol. The Hall–Kier alpha value is -2.21. The van der Waals surface area contributed by atoms with Gasteiger partial charge in [0, 0.05) is 17.0 Å². The molecule has 134 valence electrons. The number of carbonyl (C=O) groups is 1. The second-order valence-corrected chi connectivity index (χ2v) is 6.98. The van der Waals surface area contributed by atoms with Crippen molar-refractivity contribution in [1.29, 1.82) is 0 Å². The molecule has 2 heterocycles. The number of ether oxygens (including phenoxy) is 3. The van der Waals surface area contributed by atoms with Crippen molar-refractivity contribution in [3.05, 3.63) is 39.6 Å². The smallest absolute Gasteiger partial charge is 0.227 e. The zero-order chi connectivity index (χ0) is 18.0. The van der Waals surface area contributed by atoms with Crippen molar-refractivity contribution in [2.24, 2.45) is 0 Å². The van der Waals surface area contributed by atoms with Crippen molar-refractivity contribution in [3.63, 3.8) is 0 Å². The molecule has 0 spiro atoms. The summed E-state index contributed by atoms with van der Waals surface area (Å²) in [4.78, 5) is 16.3. The van der Waals surface area contributed by atoms with Crippen molar-refractivity contribution in [2.75, 3.05) is 27.9 Å². The first-order valence-electron chi connectivity index (χ1n) is 8.24. The van der Waals surface area contributed by atoms with E-state index in [2.05, 4.69) is 18.4 Å². The van der Waals surface area contributed by atoms with Gasteiger partial charge in [-0.05, 0) is 36.4 Å². The van der Waals surface area contributed by atoms with Crippen molar-refractivity contribution < 1.29 is 19.0 Å². The number of benzene rings is 1. The van der Waals surface area contributed by atoms with Crippen LogP contribution < -0.4 is 14.2 Å². The van der Waals surface area contributed by atoms with Gasteiger partial charge in [0.1, 0.15) is 0 Å². The van der Waals surface area contributed by atoms with Gasteiger partial charge in [0.25, 0.3) is 0 Å². The highest BCUT2D eigenvalue weighted by Crippen LogP contribution is 2.40. The molecule has 25 heavy (non-hydrogen) atoms. The van der Waals surface area contributed by atoms with Gasteiger partial charge >= 0.3 is 0 Å². The first-order chi connectivity index (χ1) is 12.1. The van der Waals surface area contributed by atoms with Crippen LogP contribution >= 0.6 is 11.3 Å². The van der Waals surface area contributed by atoms with Gasteiger partial charge < -0.3 is 19.1 Å². The van der Waals surface area contributed by atoms with Crippen LogP contribution in [0.25, 0.3) is 0 Å². The quantitative estimate of drug-likeness (QED) is 0.818. The molecule has 5 nitrogen and oxygen atoms in total. The number of methoxy groups -OCH3 is 3. The fourth-order valence-corrected chi connectivity index (χ4v) is 4.38. The standard InChI is InChI=1S/C19H23NO4S/c1-12-14-8-10-25-16(14)7-9-20(12)17(21)11-13-5-6-15(22-2)19(24-4)18(13)23-3/h5-6,8,10,12H,7,9,11H2,1-4H3/t12-/m0/s1. The van der Waals surface area contributed by atoms with Crippen LogP contribution in [-0.2, 0) is 17.6 Å². The van der Waals surface area contributed by atoms with E-state index < -0.39 is 0 Å². The van der Waals surface area contributed by atoms with Gasteiger partial charge in [-0.3, -0.25) is 4.79 Å². The maximum Gasteiger partial charge on any atom is 0.227 e. The van der Waals surface area contributed by atoms with E-state index in [0.717, 1.165) is 18.5 Å². The lowest BCUT2D eigenvalue weighted by Gasteiger charge is -2.34. The molecule has 0 saturated heterocycles. The van der Waals surface area contributed by atoms with Crippen molar-refractivity contribution >= 4 is 17.2 Å². The van der Waals surface area contributed by atoms with Crippen molar-refractivity contribution in [1.82, 2.24) is 4.90 Å². The third-order valence-corrected chi connectivity index (χ3v) is 5.72. The number of rotatable bonds is 5.